The summed E-state index contributed by atoms with van der Waals surface area (Å²) in [6, 6.07) is 3.37. The van der Waals surface area contributed by atoms with Gasteiger partial charge in [0.05, 0.1) is 19.4 Å². The van der Waals surface area contributed by atoms with Crippen molar-refractivity contribution in [3.63, 3.8) is 0 Å². The number of rotatable bonds is 9. The van der Waals surface area contributed by atoms with E-state index < -0.39 is 13.2 Å². The van der Waals surface area contributed by atoms with Crippen LogP contribution in [-0.4, -0.2) is 68.8 Å². The average molecular weight is 424 g/mol. The molecule has 0 atom stereocenters. The second kappa shape index (κ2) is 11.6. The zero-order valence-electron chi connectivity index (χ0n) is 14.7. The molecule has 0 aliphatic carbocycles. The highest BCUT2D eigenvalue weighted by atomic mass is 32.1. The van der Waals surface area contributed by atoms with Crippen molar-refractivity contribution in [3.8, 4) is 11.5 Å². The Morgan fingerprint density at radius 3 is 2.61 bits per heavy atom. The molecule has 28 heavy (non-hydrogen) atoms. The van der Waals surface area contributed by atoms with Crippen LogP contribution < -0.4 is 20.2 Å². The van der Waals surface area contributed by atoms with Crippen LogP contribution in [0.5, 0.6) is 11.5 Å². The van der Waals surface area contributed by atoms with Gasteiger partial charge in [0.15, 0.2) is 5.11 Å². The van der Waals surface area contributed by atoms with Crippen molar-refractivity contribution in [3.05, 3.63) is 23.8 Å². The van der Waals surface area contributed by atoms with Crippen LogP contribution in [0.1, 0.15) is 5.56 Å². The fourth-order valence-electron chi connectivity index (χ4n) is 2.35. The van der Waals surface area contributed by atoms with Crippen molar-refractivity contribution >= 4 is 23.5 Å². The van der Waals surface area contributed by atoms with Crippen molar-refractivity contribution in [2.24, 2.45) is 5.10 Å². The highest BCUT2D eigenvalue weighted by molar-refractivity contribution is 7.80. The van der Waals surface area contributed by atoms with Crippen molar-refractivity contribution in [1.29, 1.82) is 0 Å². The molecule has 12 heteroatoms. The summed E-state index contributed by atoms with van der Waals surface area (Å²) in [5, 5.41) is 7.05. The maximum absolute atomic E-state index is 12.5. The van der Waals surface area contributed by atoms with Gasteiger partial charge in [-0.2, -0.15) is 22.7 Å². The first-order valence-electron chi connectivity index (χ1n) is 8.34. The number of alkyl halides is 4. The Bertz CT molecular complexity index is 661. The van der Waals surface area contributed by atoms with Crippen LogP contribution in [-0.2, 0) is 4.74 Å². The van der Waals surface area contributed by atoms with Gasteiger partial charge in [-0.15, -0.1) is 0 Å². The van der Waals surface area contributed by atoms with Crippen molar-refractivity contribution < 1.29 is 31.8 Å². The zero-order valence-corrected chi connectivity index (χ0v) is 15.6. The molecule has 0 bridgehead atoms. The third kappa shape index (κ3) is 8.23. The number of benzene rings is 1. The number of thiocarbonyl (C=S) groups is 1. The first-order valence-corrected chi connectivity index (χ1v) is 8.75. The molecule has 0 saturated carbocycles. The predicted octanol–water partition coefficient (Wildman–Crippen LogP) is 2.02. The van der Waals surface area contributed by atoms with E-state index in [9.17, 15) is 17.6 Å². The monoisotopic (exact) mass is 424 g/mol. The fraction of sp³-hybridized carbons (Fsp3) is 0.500. The van der Waals surface area contributed by atoms with E-state index >= 15 is 0 Å². The molecular weight excluding hydrogens is 404 g/mol. The lowest BCUT2D eigenvalue weighted by atomic mass is 10.2. The number of hydrogen-bond donors (Lipinski definition) is 2. The number of nitrogens with one attached hydrogen (secondary N) is 2. The molecule has 0 spiro atoms. The summed E-state index contributed by atoms with van der Waals surface area (Å²) in [6.07, 6.45) is 1.18. The maximum atomic E-state index is 12.5. The van der Waals surface area contributed by atoms with E-state index in [4.69, 9.17) is 17.0 Å². The average Bonchev–Trinajstić information content (AvgIpc) is 2.63. The first kappa shape index (κ1) is 22.1. The first-order chi connectivity index (χ1) is 13.4. The SMILES string of the molecule is FC(F)Oc1ccc(/C=N/NC(=S)NCCN2CCOCC2)c(OC(F)F)c1. The fourth-order valence-corrected chi connectivity index (χ4v) is 2.50. The molecule has 156 valence electrons. The lowest BCUT2D eigenvalue weighted by Gasteiger charge is -2.26. The second-order valence-corrected chi connectivity index (χ2v) is 5.94. The minimum absolute atomic E-state index is 0.130. The van der Waals surface area contributed by atoms with Crippen LogP contribution >= 0.6 is 12.2 Å². The molecule has 0 amide bonds. The van der Waals surface area contributed by atoms with Gasteiger partial charge in [-0.1, -0.05) is 0 Å². The molecule has 0 unspecified atom stereocenters. The van der Waals surface area contributed by atoms with E-state index in [1.54, 1.807) is 0 Å². The van der Waals surface area contributed by atoms with Crippen molar-refractivity contribution in [1.82, 2.24) is 15.6 Å². The van der Waals surface area contributed by atoms with Crippen LogP contribution in [0.4, 0.5) is 17.6 Å². The van der Waals surface area contributed by atoms with Crippen LogP contribution in [0.15, 0.2) is 23.3 Å². The van der Waals surface area contributed by atoms with Gasteiger partial charge >= 0.3 is 13.2 Å². The summed E-state index contributed by atoms with van der Waals surface area (Å²) in [7, 11) is 0. The third-order valence-corrected chi connectivity index (χ3v) is 3.85. The van der Waals surface area contributed by atoms with Gasteiger partial charge in [-0.05, 0) is 24.4 Å². The van der Waals surface area contributed by atoms with Gasteiger partial charge in [-0.25, -0.2) is 0 Å². The normalized spacial score (nSPS) is 15.2. The van der Waals surface area contributed by atoms with E-state index in [1.165, 1.54) is 18.3 Å². The van der Waals surface area contributed by atoms with Gasteiger partial charge < -0.3 is 19.5 Å². The molecular formula is C16H20F4N4O3S. The molecule has 0 radical (unpaired) electrons. The minimum atomic E-state index is -3.13. The molecule has 2 rings (SSSR count). The Balaban J connectivity index is 1.84. The summed E-state index contributed by atoms with van der Waals surface area (Å²) < 4.78 is 63.3. The smallest absolute Gasteiger partial charge is 0.387 e. The molecule has 7 nitrogen and oxygen atoms in total. The maximum Gasteiger partial charge on any atom is 0.387 e. The third-order valence-electron chi connectivity index (χ3n) is 3.61. The number of nitrogens with zero attached hydrogens (tertiary/aromatic N) is 2. The Labute approximate surface area is 164 Å². The standard InChI is InChI=1S/C16H20F4N4O3S/c17-14(18)26-12-2-1-11(13(9-12)27-15(19)20)10-22-23-16(28)21-3-4-24-5-7-25-8-6-24/h1-2,9-10,14-15H,3-8H2,(H2,21,23,28)/b22-10+. The Morgan fingerprint density at radius 2 is 1.93 bits per heavy atom. The summed E-state index contributed by atoms with van der Waals surface area (Å²) in [6.45, 7) is -1.70. The molecule has 1 aromatic carbocycles. The Hall–Kier alpha value is -2.18. The number of hydrogen-bond acceptors (Lipinski definition) is 6. The lowest BCUT2D eigenvalue weighted by molar-refractivity contribution is -0.0543. The van der Waals surface area contributed by atoms with E-state index in [-0.39, 0.29) is 22.2 Å². The topological polar surface area (TPSA) is 67.4 Å². The molecule has 1 saturated heterocycles. The van der Waals surface area contributed by atoms with Gasteiger partial charge in [0.1, 0.15) is 11.5 Å². The Morgan fingerprint density at radius 1 is 1.21 bits per heavy atom. The highest BCUT2D eigenvalue weighted by Gasteiger charge is 2.13. The molecule has 1 fully saturated rings. The van der Waals surface area contributed by atoms with Gasteiger partial charge in [0, 0.05) is 37.8 Å². The van der Waals surface area contributed by atoms with Crippen molar-refractivity contribution in [2.75, 3.05) is 39.4 Å². The van der Waals surface area contributed by atoms with Gasteiger partial charge in [0.25, 0.3) is 0 Å². The molecule has 1 heterocycles. The zero-order chi connectivity index (χ0) is 20.4. The van der Waals surface area contributed by atoms with E-state index in [1.807, 2.05) is 0 Å². The highest BCUT2D eigenvalue weighted by Crippen LogP contribution is 2.26. The molecule has 1 aliphatic heterocycles. The lowest BCUT2D eigenvalue weighted by Crippen LogP contribution is -2.42. The minimum Gasteiger partial charge on any atom is -0.435 e. The van der Waals surface area contributed by atoms with Crippen LogP contribution in [0, 0.1) is 0 Å². The van der Waals surface area contributed by atoms with Crippen LogP contribution in [0.25, 0.3) is 0 Å². The number of morpholine rings is 1. The quantitative estimate of drug-likeness (QED) is 0.272. The summed E-state index contributed by atoms with van der Waals surface area (Å²) in [5.41, 5.74) is 2.68. The van der Waals surface area contributed by atoms with E-state index in [0.717, 1.165) is 25.7 Å². The summed E-state index contributed by atoms with van der Waals surface area (Å²) >= 11 is 5.07. The molecule has 1 aliphatic rings. The van der Waals surface area contributed by atoms with Crippen LogP contribution in [0.3, 0.4) is 0 Å². The van der Waals surface area contributed by atoms with Gasteiger partial charge in [-0.3, -0.25) is 10.3 Å². The predicted molar refractivity (Wildman–Crippen MR) is 98.3 cm³/mol. The summed E-state index contributed by atoms with van der Waals surface area (Å²) in [4.78, 5) is 2.22. The number of ether oxygens (including phenoxy) is 3. The number of halogens is 4. The van der Waals surface area contributed by atoms with Crippen molar-refractivity contribution in [2.45, 2.75) is 13.2 Å². The van der Waals surface area contributed by atoms with E-state index in [2.05, 4.69) is 30.2 Å². The van der Waals surface area contributed by atoms with Gasteiger partial charge in [0.2, 0.25) is 0 Å². The summed E-state index contributed by atoms with van der Waals surface area (Å²) in [5.74, 6) is -0.666. The largest absolute Gasteiger partial charge is 0.435 e. The van der Waals surface area contributed by atoms with Crippen LogP contribution in [0.2, 0.25) is 0 Å². The molecule has 0 aromatic heterocycles. The number of hydrazone groups is 1. The second-order valence-electron chi connectivity index (χ2n) is 5.54. The Kier molecular flexibility index (Phi) is 9.17. The molecule has 1 aromatic rings. The van der Waals surface area contributed by atoms with E-state index in [0.29, 0.717) is 19.8 Å². The molecule has 2 N–H and O–H groups in total.